The maximum Gasteiger partial charge on any atom is 0.186 e. The monoisotopic (exact) mass is 415 g/mol. The minimum atomic E-state index is -3.90. The van der Waals surface area contributed by atoms with Crippen molar-refractivity contribution in [1.29, 1.82) is 0 Å². The van der Waals surface area contributed by atoms with Gasteiger partial charge in [0.1, 0.15) is 17.6 Å². The van der Waals surface area contributed by atoms with Gasteiger partial charge in [-0.3, -0.25) is 4.98 Å². The van der Waals surface area contributed by atoms with E-state index in [0.717, 1.165) is 5.56 Å². The normalized spacial score (nSPS) is 17.8. The van der Waals surface area contributed by atoms with Crippen molar-refractivity contribution in [2.24, 2.45) is 0 Å². The van der Waals surface area contributed by atoms with Gasteiger partial charge >= 0.3 is 0 Å². The van der Waals surface area contributed by atoms with Crippen molar-refractivity contribution in [3.8, 4) is 5.75 Å². The average molecular weight is 415 g/mol. The molecular formula is C20H17NO5S2. The zero-order valence-electron chi connectivity index (χ0n) is 14.7. The number of hydrogen-bond acceptors (Lipinski definition) is 6. The van der Waals surface area contributed by atoms with Crippen molar-refractivity contribution in [1.82, 2.24) is 4.98 Å². The number of benzene rings is 2. The number of sulfone groups is 2. The lowest BCUT2D eigenvalue weighted by atomic mass is 10.1. The second-order valence-corrected chi connectivity index (χ2v) is 10.6. The van der Waals surface area contributed by atoms with Gasteiger partial charge in [0.05, 0.1) is 15.5 Å². The Morgan fingerprint density at radius 3 is 2.39 bits per heavy atom. The highest BCUT2D eigenvalue weighted by Crippen LogP contribution is 2.45. The first kappa shape index (κ1) is 18.6. The van der Waals surface area contributed by atoms with Crippen molar-refractivity contribution < 1.29 is 21.6 Å². The predicted molar refractivity (Wildman–Crippen MR) is 103 cm³/mol. The van der Waals surface area contributed by atoms with E-state index in [1.54, 1.807) is 54.9 Å². The van der Waals surface area contributed by atoms with Crippen LogP contribution in [0.2, 0.25) is 0 Å². The maximum absolute atomic E-state index is 13.2. The molecule has 0 saturated heterocycles. The van der Waals surface area contributed by atoms with Crippen molar-refractivity contribution >= 4 is 19.7 Å². The molecule has 6 nitrogen and oxygen atoms in total. The van der Waals surface area contributed by atoms with Gasteiger partial charge in [0, 0.05) is 18.0 Å². The molecule has 1 aliphatic heterocycles. The molecule has 0 amide bonds. The number of hydrogen-bond donors (Lipinski definition) is 0. The molecule has 8 heteroatoms. The molecule has 0 fully saturated rings. The van der Waals surface area contributed by atoms with Crippen molar-refractivity contribution in [3.63, 3.8) is 0 Å². The van der Waals surface area contributed by atoms with Crippen LogP contribution in [0.4, 0.5) is 0 Å². The van der Waals surface area contributed by atoms with Crippen molar-refractivity contribution in [2.45, 2.75) is 21.6 Å². The topological polar surface area (TPSA) is 90.4 Å². The SMILES string of the molecule is O=S1(=O)CC(S(=O)(=O)c2ccccc2)c2c(OCc3ccncc3)cccc21. The van der Waals surface area contributed by atoms with Crippen LogP contribution in [0.1, 0.15) is 16.4 Å². The van der Waals surface area contributed by atoms with Crippen LogP contribution in [-0.2, 0) is 26.3 Å². The summed E-state index contributed by atoms with van der Waals surface area (Å²) in [5.74, 6) is -0.227. The van der Waals surface area contributed by atoms with E-state index < -0.39 is 30.7 Å². The minimum Gasteiger partial charge on any atom is -0.489 e. The summed E-state index contributed by atoms with van der Waals surface area (Å²) >= 11 is 0. The Morgan fingerprint density at radius 2 is 1.68 bits per heavy atom. The van der Waals surface area contributed by atoms with Crippen LogP contribution in [-0.4, -0.2) is 27.6 Å². The number of fused-ring (bicyclic) bond motifs is 1. The molecule has 0 saturated carbocycles. The molecule has 1 unspecified atom stereocenters. The van der Waals surface area contributed by atoms with E-state index in [1.807, 2.05) is 0 Å². The Labute approximate surface area is 163 Å². The molecule has 1 aliphatic rings. The summed E-state index contributed by atoms with van der Waals surface area (Å²) in [6.07, 6.45) is 3.25. The molecule has 0 bridgehead atoms. The second kappa shape index (κ2) is 7.03. The van der Waals surface area contributed by atoms with Crippen LogP contribution in [0, 0.1) is 0 Å². The van der Waals surface area contributed by atoms with Crippen LogP contribution in [0.5, 0.6) is 5.75 Å². The van der Waals surface area contributed by atoms with E-state index in [9.17, 15) is 16.8 Å². The highest BCUT2D eigenvalue weighted by molar-refractivity contribution is 7.96. The van der Waals surface area contributed by atoms with Gasteiger partial charge in [-0.2, -0.15) is 0 Å². The Bertz CT molecular complexity index is 1210. The third-order valence-electron chi connectivity index (χ3n) is 4.64. The summed E-state index contributed by atoms with van der Waals surface area (Å²) in [5.41, 5.74) is 1.05. The average Bonchev–Trinajstić information content (AvgIpc) is 3.00. The van der Waals surface area contributed by atoms with Crippen LogP contribution in [0.25, 0.3) is 0 Å². The molecule has 1 aromatic heterocycles. The van der Waals surface area contributed by atoms with Gasteiger partial charge < -0.3 is 4.74 Å². The zero-order valence-corrected chi connectivity index (χ0v) is 16.4. The van der Waals surface area contributed by atoms with E-state index in [4.69, 9.17) is 4.74 Å². The molecule has 0 aliphatic carbocycles. The minimum absolute atomic E-state index is 0.0178. The van der Waals surface area contributed by atoms with E-state index in [-0.39, 0.29) is 27.7 Å². The fourth-order valence-corrected chi connectivity index (χ4v) is 7.63. The Balaban J connectivity index is 1.78. The molecule has 144 valence electrons. The fourth-order valence-electron chi connectivity index (χ4n) is 3.27. The van der Waals surface area contributed by atoms with E-state index >= 15 is 0 Å². The molecule has 2 aromatic carbocycles. The van der Waals surface area contributed by atoms with Gasteiger partial charge in [0.2, 0.25) is 0 Å². The van der Waals surface area contributed by atoms with Gasteiger partial charge in [-0.1, -0.05) is 24.3 Å². The smallest absolute Gasteiger partial charge is 0.186 e. The molecule has 2 heterocycles. The molecule has 1 atom stereocenters. The van der Waals surface area contributed by atoms with E-state index in [0.29, 0.717) is 0 Å². The van der Waals surface area contributed by atoms with Gasteiger partial charge in [0.25, 0.3) is 0 Å². The van der Waals surface area contributed by atoms with Crippen molar-refractivity contribution in [2.75, 3.05) is 5.75 Å². The Kier molecular flexibility index (Phi) is 4.68. The Hall–Kier alpha value is -2.71. The summed E-state index contributed by atoms with van der Waals surface area (Å²) in [7, 11) is -7.62. The molecule has 0 N–H and O–H groups in total. The molecule has 28 heavy (non-hydrogen) atoms. The highest BCUT2D eigenvalue weighted by atomic mass is 32.2. The first-order valence-electron chi connectivity index (χ1n) is 8.56. The van der Waals surface area contributed by atoms with Gasteiger partial charge in [-0.25, -0.2) is 16.8 Å². The quantitative estimate of drug-likeness (QED) is 0.636. The van der Waals surface area contributed by atoms with Gasteiger partial charge in [-0.15, -0.1) is 0 Å². The number of nitrogens with zero attached hydrogens (tertiary/aromatic N) is 1. The van der Waals surface area contributed by atoms with E-state index in [1.165, 1.54) is 18.2 Å². The number of rotatable bonds is 5. The fraction of sp³-hybridized carbons (Fsp3) is 0.150. The largest absolute Gasteiger partial charge is 0.489 e. The highest BCUT2D eigenvalue weighted by Gasteiger charge is 2.45. The molecule has 4 rings (SSSR count). The first-order valence-corrected chi connectivity index (χ1v) is 11.8. The lowest BCUT2D eigenvalue weighted by Gasteiger charge is -2.16. The lowest BCUT2D eigenvalue weighted by Crippen LogP contribution is -2.16. The van der Waals surface area contributed by atoms with Crippen LogP contribution in [0.3, 0.4) is 0 Å². The number of aromatic nitrogens is 1. The third kappa shape index (κ3) is 3.29. The van der Waals surface area contributed by atoms with Gasteiger partial charge in [-0.05, 0) is 42.0 Å². The molecule has 3 aromatic rings. The number of ether oxygens (including phenoxy) is 1. The van der Waals surface area contributed by atoms with Crippen molar-refractivity contribution in [3.05, 3.63) is 84.2 Å². The summed E-state index contributed by atoms with van der Waals surface area (Å²) in [5, 5.41) is -1.21. The summed E-state index contributed by atoms with van der Waals surface area (Å²) in [6.45, 7) is 0.178. The third-order valence-corrected chi connectivity index (χ3v) is 8.73. The van der Waals surface area contributed by atoms with E-state index in [2.05, 4.69) is 4.98 Å². The summed E-state index contributed by atoms with van der Waals surface area (Å²) in [4.78, 5) is 4.05. The first-order chi connectivity index (χ1) is 13.4. The molecule has 0 spiro atoms. The van der Waals surface area contributed by atoms with Crippen LogP contribution < -0.4 is 4.74 Å². The summed E-state index contributed by atoms with van der Waals surface area (Å²) < 4.78 is 57.5. The van der Waals surface area contributed by atoms with Crippen LogP contribution >= 0.6 is 0 Å². The molecule has 0 radical (unpaired) electrons. The second-order valence-electron chi connectivity index (χ2n) is 6.44. The standard InChI is InChI=1S/C20H17NO5S2/c22-27(23)14-19(28(24,25)16-5-2-1-3-6-16)20-17(7-4-8-18(20)27)26-13-15-9-11-21-12-10-15/h1-12,19H,13-14H2. The Morgan fingerprint density at radius 1 is 0.964 bits per heavy atom. The lowest BCUT2D eigenvalue weighted by molar-refractivity contribution is 0.302. The van der Waals surface area contributed by atoms with Gasteiger partial charge in [0.15, 0.2) is 19.7 Å². The predicted octanol–water partition coefficient (Wildman–Crippen LogP) is 2.96. The zero-order chi connectivity index (χ0) is 19.8. The van der Waals surface area contributed by atoms with Crippen LogP contribution in [0.15, 0.2) is 82.8 Å². The summed E-state index contributed by atoms with van der Waals surface area (Å²) in [6, 6.07) is 16.0. The maximum atomic E-state index is 13.2. The molecular weight excluding hydrogens is 398 g/mol. The number of pyridine rings is 1.